The molecule has 0 aliphatic carbocycles. The molecule has 5 aromatic rings. The Bertz CT molecular complexity index is 1440. The van der Waals surface area contributed by atoms with Crippen molar-refractivity contribution in [3.63, 3.8) is 0 Å². The molecular formula is C19H18N10S4. The van der Waals surface area contributed by atoms with E-state index < -0.39 is 6.17 Å². The van der Waals surface area contributed by atoms with Gasteiger partial charge in [0.25, 0.3) is 0 Å². The van der Waals surface area contributed by atoms with E-state index in [0.717, 1.165) is 25.6 Å². The molecule has 33 heavy (non-hydrogen) atoms. The second-order valence-corrected chi connectivity index (χ2v) is 11.6. The van der Waals surface area contributed by atoms with E-state index in [4.69, 9.17) is 20.2 Å². The summed E-state index contributed by atoms with van der Waals surface area (Å²) in [7, 11) is 0. The van der Waals surface area contributed by atoms with Gasteiger partial charge < -0.3 is 0 Å². The lowest BCUT2D eigenvalue weighted by Crippen LogP contribution is -2.34. The highest BCUT2D eigenvalue weighted by Crippen LogP contribution is 2.22. The third kappa shape index (κ3) is 4.73. The number of hydrogen-bond acceptors (Lipinski definition) is 12. The van der Waals surface area contributed by atoms with E-state index in [9.17, 15) is 0 Å². The van der Waals surface area contributed by atoms with Crippen molar-refractivity contribution >= 4 is 55.6 Å². The second-order valence-electron chi connectivity index (χ2n) is 6.91. The number of rotatable bonds is 5. The summed E-state index contributed by atoms with van der Waals surface area (Å²) < 4.78 is 3.74. The average Bonchev–Trinajstić information content (AvgIpc) is 3.55. The molecule has 0 amide bonds. The summed E-state index contributed by atoms with van der Waals surface area (Å²) in [5.41, 5.74) is 0.998. The summed E-state index contributed by atoms with van der Waals surface area (Å²) >= 11 is 5.86. The van der Waals surface area contributed by atoms with Gasteiger partial charge in [0.05, 0.1) is 0 Å². The first-order valence-electron chi connectivity index (χ1n) is 9.83. The maximum absolute atomic E-state index is 4.80. The molecule has 5 rings (SSSR count). The molecule has 168 valence electrons. The SMILES string of the molecule is Cc1nnc(N=c2sc(C)nn2C(c2ccccc2)n2nc(C)sc2=Nc2nnc(C)s2)s1. The molecule has 0 saturated carbocycles. The first-order valence-corrected chi connectivity index (χ1v) is 13.1. The average molecular weight is 515 g/mol. The van der Waals surface area contributed by atoms with Crippen molar-refractivity contribution in [1.82, 2.24) is 40.0 Å². The molecule has 0 aliphatic rings. The van der Waals surface area contributed by atoms with Gasteiger partial charge in [0, 0.05) is 0 Å². The summed E-state index contributed by atoms with van der Waals surface area (Å²) in [5.74, 6) is 0. The zero-order chi connectivity index (χ0) is 22.9. The molecular weight excluding hydrogens is 497 g/mol. The number of nitrogens with zero attached hydrogens (tertiary/aromatic N) is 10. The predicted octanol–water partition coefficient (Wildman–Crippen LogP) is 3.70. The summed E-state index contributed by atoms with van der Waals surface area (Å²) in [6, 6.07) is 10.1. The molecule has 14 heteroatoms. The molecule has 1 aromatic carbocycles. The molecule has 0 aliphatic heterocycles. The molecule has 0 atom stereocenters. The molecule has 0 N–H and O–H groups in total. The summed E-state index contributed by atoms with van der Waals surface area (Å²) in [4.78, 5) is 10.9. The van der Waals surface area contributed by atoms with Crippen LogP contribution in [-0.4, -0.2) is 40.0 Å². The Kier molecular flexibility index (Phi) is 6.05. The zero-order valence-corrected chi connectivity index (χ0v) is 21.3. The van der Waals surface area contributed by atoms with Crippen molar-refractivity contribution in [3.05, 3.63) is 65.5 Å². The predicted molar refractivity (Wildman–Crippen MR) is 129 cm³/mol. The number of benzene rings is 1. The quantitative estimate of drug-likeness (QED) is 0.353. The first kappa shape index (κ1) is 21.9. The van der Waals surface area contributed by atoms with Gasteiger partial charge in [0.15, 0.2) is 6.17 Å². The van der Waals surface area contributed by atoms with Crippen LogP contribution in [0.25, 0.3) is 0 Å². The Morgan fingerprint density at radius 1 is 0.636 bits per heavy atom. The van der Waals surface area contributed by atoms with Crippen molar-refractivity contribution in [2.75, 3.05) is 0 Å². The van der Waals surface area contributed by atoms with E-state index in [-0.39, 0.29) is 0 Å². The molecule has 0 spiro atoms. The van der Waals surface area contributed by atoms with E-state index in [0.29, 0.717) is 19.9 Å². The highest BCUT2D eigenvalue weighted by atomic mass is 32.1. The monoisotopic (exact) mass is 514 g/mol. The van der Waals surface area contributed by atoms with Gasteiger partial charge >= 0.3 is 0 Å². The third-order valence-electron chi connectivity index (χ3n) is 4.34. The van der Waals surface area contributed by atoms with Crippen molar-refractivity contribution in [2.45, 2.75) is 33.9 Å². The Morgan fingerprint density at radius 3 is 1.55 bits per heavy atom. The lowest BCUT2D eigenvalue weighted by molar-refractivity contribution is 0.394. The van der Waals surface area contributed by atoms with Crippen LogP contribution >= 0.6 is 45.3 Å². The number of aryl methyl sites for hydroxylation is 4. The van der Waals surface area contributed by atoms with Gasteiger partial charge in [0.2, 0.25) is 19.9 Å². The minimum Gasteiger partial charge on any atom is -0.208 e. The summed E-state index contributed by atoms with van der Waals surface area (Å²) in [6.45, 7) is 7.73. The van der Waals surface area contributed by atoms with E-state index in [2.05, 4.69) is 20.4 Å². The first-order chi connectivity index (χ1) is 16.0. The Labute approximate surface area is 204 Å². The van der Waals surface area contributed by atoms with Crippen molar-refractivity contribution in [3.8, 4) is 0 Å². The van der Waals surface area contributed by atoms with Crippen LogP contribution in [0.2, 0.25) is 0 Å². The lowest BCUT2D eigenvalue weighted by atomic mass is 10.2. The smallest absolute Gasteiger partial charge is 0.208 e. The fourth-order valence-electron chi connectivity index (χ4n) is 3.09. The van der Waals surface area contributed by atoms with Crippen molar-refractivity contribution < 1.29 is 0 Å². The van der Waals surface area contributed by atoms with E-state index >= 15 is 0 Å². The molecule has 0 fully saturated rings. The van der Waals surface area contributed by atoms with Crippen LogP contribution < -0.4 is 9.60 Å². The summed E-state index contributed by atoms with van der Waals surface area (Å²) in [6.07, 6.45) is -0.401. The topological polar surface area (TPSA) is 112 Å². The van der Waals surface area contributed by atoms with Crippen LogP contribution in [0.1, 0.15) is 31.8 Å². The van der Waals surface area contributed by atoms with Crippen LogP contribution in [-0.2, 0) is 0 Å². The maximum atomic E-state index is 4.80. The zero-order valence-electron chi connectivity index (χ0n) is 18.1. The third-order valence-corrected chi connectivity index (χ3v) is 7.48. The van der Waals surface area contributed by atoms with Crippen LogP contribution in [0.3, 0.4) is 0 Å². The van der Waals surface area contributed by atoms with Gasteiger partial charge in [-0.2, -0.15) is 20.2 Å². The Hall–Kier alpha value is -2.94. The van der Waals surface area contributed by atoms with Crippen molar-refractivity contribution in [2.24, 2.45) is 9.98 Å². The van der Waals surface area contributed by atoms with E-state index in [1.165, 1.54) is 45.3 Å². The molecule has 0 bridgehead atoms. The molecule has 0 unspecified atom stereocenters. The van der Waals surface area contributed by atoms with Gasteiger partial charge in [-0.25, -0.2) is 9.36 Å². The molecule has 4 aromatic heterocycles. The fourth-order valence-corrected chi connectivity index (χ4v) is 5.85. The number of aromatic nitrogens is 8. The number of hydrogen-bond donors (Lipinski definition) is 0. The largest absolute Gasteiger partial charge is 0.234 e. The normalized spacial score (nSPS) is 13.7. The Balaban J connectivity index is 1.75. The van der Waals surface area contributed by atoms with Gasteiger partial charge in [0.1, 0.15) is 20.0 Å². The van der Waals surface area contributed by atoms with Crippen molar-refractivity contribution in [1.29, 1.82) is 0 Å². The fraction of sp³-hybridized carbons (Fsp3) is 0.263. The highest BCUT2D eigenvalue weighted by Gasteiger charge is 2.23. The van der Waals surface area contributed by atoms with Crippen LogP contribution in [0.5, 0.6) is 0 Å². The van der Waals surface area contributed by atoms with E-state index in [1.54, 1.807) is 0 Å². The molecule has 0 radical (unpaired) electrons. The van der Waals surface area contributed by atoms with Gasteiger partial charge in [-0.05, 0) is 33.3 Å². The van der Waals surface area contributed by atoms with Gasteiger partial charge in [-0.1, -0.05) is 75.7 Å². The van der Waals surface area contributed by atoms with Crippen LogP contribution in [0.15, 0.2) is 40.3 Å². The van der Waals surface area contributed by atoms with Crippen LogP contribution in [0.4, 0.5) is 10.3 Å². The molecule has 10 nitrogen and oxygen atoms in total. The minimum absolute atomic E-state index is 0.401. The minimum atomic E-state index is -0.401. The van der Waals surface area contributed by atoms with Gasteiger partial charge in [-0.3, -0.25) is 0 Å². The highest BCUT2D eigenvalue weighted by molar-refractivity contribution is 7.15. The standard InChI is InChI=1S/C19H18N10S4/c1-10-22-24-16(30-10)20-18-28(26-12(3)32-18)15(14-8-6-5-7-9-14)29-19(33-13(4)27-29)21-17-25-23-11(2)31-17/h5-9,15H,1-4H3. The van der Waals surface area contributed by atoms with Crippen LogP contribution in [0, 0.1) is 27.7 Å². The second kappa shape index (κ2) is 9.13. The van der Waals surface area contributed by atoms with E-state index in [1.807, 2.05) is 67.4 Å². The Morgan fingerprint density at radius 2 is 1.12 bits per heavy atom. The molecule has 0 saturated heterocycles. The molecule has 4 heterocycles. The maximum Gasteiger partial charge on any atom is 0.234 e. The van der Waals surface area contributed by atoms with Gasteiger partial charge in [-0.15, -0.1) is 20.4 Å². The summed E-state index contributed by atoms with van der Waals surface area (Å²) in [5, 5.41) is 30.7. The lowest BCUT2D eigenvalue weighted by Gasteiger charge is -2.18.